The molecule has 4 heteroatoms. The number of thiazole rings is 1. The van der Waals surface area contributed by atoms with Gasteiger partial charge in [-0.25, -0.2) is 4.98 Å². The van der Waals surface area contributed by atoms with Crippen LogP contribution < -0.4 is 5.73 Å². The van der Waals surface area contributed by atoms with E-state index in [9.17, 15) is 0 Å². The highest BCUT2D eigenvalue weighted by atomic mass is 32.1. The van der Waals surface area contributed by atoms with E-state index in [1.807, 2.05) is 18.3 Å². The highest BCUT2D eigenvalue weighted by molar-refractivity contribution is 7.13. The number of hydrogen-bond acceptors (Lipinski definition) is 4. The number of nitrogens with zero attached hydrogens (tertiary/aromatic N) is 2. The van der Waals surface area contributed by atoms with Crippen LogP contribution in [-0.2, 0) is 5.41 Å². The molecule has 2 heterocycles. The molecule has 0 saturated carbocycles. The average Bonchev–Trinajstić information content (AvgIpc) is 2.80. The molecular weight excluding hydrogens is 230 g/mol. The smallest absolute Gasteiger partial charge is 0.125 e. The SMILES string of the molecule is CC(C)(CCN)c1csc(-c2cccnc2)n1. The summed E-state index contributed by atoms with van der Waals surface area (Å²) >= 11 is 1.66. The second kappa shape index (κ2) is 4.94. The molecular formula is C13H17N3S. The second-order valence-corrected chi connectivity index (χ2v) is 5.56. The lowest BCUT2D eigenvalue weighted by molar-refractivity contribution is 0.476. The zero-order valence-corrected chi connectivity index (χ0v) is 11.0. The molecule has 0 unspecified atom stereocenters. The van der Waals surface area contributed by atoms with Gasteiger partial charge in [0.05, 0.1) is 5.69 Å². The van der Waals surface area contributed by atoms with Crippen molar-refractivity contribution in [1.29, 1.82) is 0 Å². The Kier molecular flexibility index (Phi) is 3.54. The molecule has 90 valence electrons. The molecule has 2 aromatic rings. The first kappa shape index (κ1) is 12.2. The third-order valence-corrected chi connectivity index (χ3v) is 3.77. The van der Waals surface area contributed by atoms with Crippen LogP contribution in [0.2, 0.25) is 0 Å². The van der Waals surface area contributed by atoms with E-state index in [2.05, 4.69) is 24.2 Å². The van der Waals surface area contributed by atoms with Crippen molar-refractivity contribution in [3.05, 3.63) is 35.6 Å². The molecule has 3 nitrogen and oxygen atoms in total. The highest BCUT2D eigenvalue weighted by Gasteiger charge is 2.22. The first-order valence-corrected chi connectivity index (χ1v) is 6.58. The Balaban J connectivity index is 2.28. The van der Waals surface area contributed by atoms with Crippen molar-refractivity contribution in [2.75, 3.05) is 6.54 Å². The van der Waals surface area contributed by atoms with Gasteiger partial charge in [-0.3, -0.25) is 4.98 Å². The minimum absolute atomic E-state index is 0.0473. The summed E-state index contributed by atoms with van der Waals surface area (Å²) < 4.78 is 0. The minimum atomic E-state index is 0.0473. The van der Waals surface area contributed by atoms with Crippen molar-refractivity contribution in [3.63, 3.8) is 0 Å². The molecule has 2 aromatic heterocycles. The standard InChI is InChI=1S/C13H17N3S/c1-13(2,5-6-14)11-9-17-12(16-11)10-4-3-7-15-8-10/h3-4,7-9H,5-6,14H2,1-2H3. The van der Waals surface area contributed by atoms with Gasteiger partial charge >= 0.3 is 0 Å². The zero-order valence-electron chi connectivity index (χ0n) is 10.2. The van der Waals surface area contributed by atoms with E-state index in [4.69, 9.17) is 10.7 Å². The van der Waals surface area contributed by atoms with E-state index in [0.29, 0.717) is 6.54 Å². The Morgan fingerprint density at radius 2 is 2.24 bits per heavy atom. The van der Waals surface area contributed by atoms with E-state index in [1.54, 1.807) is 17.5 Å². The van der Waals surface area contributed by atoms with E-state index in [-0.39, 0.29) is 5.41 Å². The van der Waals surface area contributed by atoms with Crippen LogP contribution in [0.5, 0.6) is 0 Å². The Morgan fingerprint density at radius 1 is 1.41 bits per heavy atom. The van der Waals surface area contributed by atoms with Crippen LogP contribution in [0.25, 0.3) is 10.6 Å². The van der Waals surface area contributed by atoms with Crippen molar-refractivity contribution in [3.8, 4) is 10.6 Å². The third-order valence-electron chi connectivity index (χ3n) is 2.88. The molecule has 0 aliphatic rings. The van der Waals surface area contributed by atoms with Crippen LogP contribution in [0.3, 0.4) is 0 Å². The lowest BCUT2D eigenvalue weighted by atomic mass is 9.86. The second-order valence-electron chi connectivity index (χ2n) is 4.70. The molecule has 0 aliphatic carbocycles. The van der Waals surface area contributed by atoms with Gasteiger partial charge in [-0.2, -0.15) is 0 Å². The van der Waals surface area contributed by atoms with Crippen LogP contribution in [0.1, 0.15) is 26.0 Å². The summed E-state index contributed by atoms with van der Waals surface area (Å²) in [6.45, 7) is 5.05. The largest absolute Gasteiger partial charge is 0.330 e. The van der Waals surface area contributed by atoms with Gasteiger partial charge in [-0.05, 0) is 25.1 Å². The van der Waals surface area contributed by atoms with Crippen LogP contribution in [0, 0.1) is 0 Å². The van der Waals surface area contributed by atoms with Crippen molar-refractivity contribution in [2.45, 2.75) is 25.7 Å². The summed E-state index contributed by atoms with van der Waals surface area (Å²) in [6.07, 6.45) is 4.57. The fourth-order valence-corrected chi connectivity index (χ4v) is 2.70. The van der Waals surface area contributed by atoms with Gasteiger partial charge in [0, 0.05) is 28.8 Å². The van der Waals surface area contributed by atoms with Gasteiger partial charge in [0.15, 0.2) is 0 Å². The first-order valence-electron chi connectivity index (χ1n) is 5.70. The fourth-order valence-electron chi connectivity index (χ4n) is 1.70. The maximum atomic E-state index is 5.64. The third kappa shape index (κ3) is 2.70. The van der Waals surface area contributed by atoms with Gasteiger partial charge in [-0.15, -0.1) is 11.3 Å². The lowest BCUT2D eigenvalue weighted by Crippen LogP contribution is -2.22. The van der Waals surface area contributed by atoms with E-state index in [1.165, 1.54) is 0 Å². The number of aromatic nitrogens is 2. The molecule has 17 heavy (non-hydrogen) atoms. The maximum Gasteiger partial charge on any atom is 0.125 e. The summed E-state index contributed by atoms with van der Waals surface area (Å²) in [6, 6.07) is 3.97. The van der Waals surface area contributed by atoms with Gasteiger partial charge in [0.25, 0.3) is 0 Å². The van der Waals surface area contributed by atoms with Crippen molar-refractivity contribution >= 4 is 11.3 Å². The average molecular weight is 247 g/mol. The Bertz CT molecular complexity index is 476. The van der Waals surface area contributed by atoms with Crippen LogP contribution >= 0.6 is 11.3 Å². The number of nitrogens with two attached hydrogens (primary N) is 1. The Hall–Kier alpha value is -1.26. The van der Waals surface area contributed by atoms with Gasteiger partial charge in [0.2, 0.25) is 0 Å². The molecule has 2 rings (SSSR count). The number of hydrogen-bond donors (Lipinski definition) is 1. The number of pyridine rings is 1. The molecule has 0 spiro atoms. The monoisotopic (exact) mass is 247 g/mol. The summed E-state index contributed by atoms with van der Waals surface area (Å²) in [5.74, 6) is 0. The summed E-state index contributed by atoms with van der Waals surface area (Å²) in [5, 5.41) is 3.15. The summed E-state index contributed by atoms with van der Waals surface area (Å²) in [4.78, 5) is 8.81. The molecule has 0 fully saturated rings. The molecule has 0 aliphatic heterocycles. The molecule has 0 amide bonds. The van der Waals surface area contributed by atoms with Crippen LogP contribution in [0.4, 0.5) is 0 Å². The molecule has 0 saturated heterocycles. The van der Waals surface area contributed by atoms with Gasteiger partial charge in [0.1, 0.15) is 5.01 Å². The van der Waals surface area contributed by atoms with Crippen molar-refractivity contribution in [2.24, 2.45) is 5.73 Å². The van der Waals surface area contributed by atoms with Crippen molar-refractivity contribution < 1.29 is 0 Å². The zero-order chi connectivity index (χ0) is 12.3. The molecule has 0 atom stereocenters. The Morgan fingerprint density at radius 3 is 2.88 bits per heavy atom. The summed E-state index contributed by atoms with van der Waals surface area (Å²) in [5.41, 5.74) is 7.88. The predicted octanol–water partition coefficient (Wildman–Crippen LogP) is 2.83. The molecule has 0 aromatic carbocycles. The van der Waals surface area contributed by atoms with Crippen molar-refractivity contribution in [1.82, 2.24) is 9.97 Å². The van der Waals surface area contributed by atoms with Crippen LogP contribution in [0.15, 0.2) is 29.9 Å². The fraction of sp³-hybridized carbons (Fsp3) is 0.385. The van der Waals surface area contributed by atoms with Gasteiger partial charge < -0.3 is 5.73 Å². The number of rotatable bonds is 4. The highest BCUT2D eigenvalue weighted by Crippen LogP contribution is 2.31. The quantitative estimate of drug-likeness (QED) is 0.904. The van der Waals surface area contributed by atoms with E-state index < -0.39 is 0 Å². The van der Waals surface area contributed by atoms with Crippen LogP contribution in [-0.4, -0.2) is 16.5 Å². The van der Waals surface area contributed by atoms with E-state index in [0.717, 1.165) is 22.7 Å². The topological polar surface area (TPSA) is 51.8 Å². The first-order chi connectivity index (χ1) is 8.13. The lowest BCUT2D eigenvalue weighted by Gasteiger charge is -2.21. The molecule has 2 N–H and O–H groups in total. The van der Waals surface area contributed by atoms with Gasteiger partial charge in [-0.1, -0.05) is 13.8 Å². The molecule has 0 radical (unpaired) electrons. The predicted molar refractivity (Wildman–Crippen MR) is 72.0 cm³/mol. The molecule has 0 bridgehead atoms. The summed E-state index contributed by atoms with van der Waals surface area (Å²) in [7, 11) is 0. The minimum Gasteiger partial charge on any atom is -0.330 e. The maximum absolute atomic E-state index is 5.64. The Labute approximate surface area is 106 Å². The normalized spacial score (nSPS) is 11.7. The van der Waals surface area contributed by atoms with E-state index >= 15 is 0 Å².